The Labute approximate surface area is 130 Å². The molecule has 0 aliphatic rings. The van der Waals surface area contributed by atoms with Crippen LogP contribution < -0.4 is 5.32 Å². The van der Waals surface area contributed by atoms with Crippen LogP contribution in [-0.4, -0.2) is 5.91 Å². The predicted octanol–water partition coefficient (Wildman–Crippen LogP) is 4.34. The minimum Gasteiger partial charge on any atom is -0.326 e. The minimum atomic E-state index is -0.0179. The second-order valence-corrected chi connectivity index (χ2v) is 6.85. The average molecular weight is 349 g/mol. The van der Waals surface area contributed by atoms with E-state index >= 15 is 0 Å². The molecule has 1 heterocycles. The summed E-state index contributed by atoms with van der Waals surface area (Å²) in [5.74, 6) is -0.0179. The maximum atomic E-state index is 11.8. The first kappa shape index (κ1) is 14.8. The van der Waals surface area contributed by atoms with Gasteiger partial charge in [-0.3, -0.25) is 4.79 Å². The van der Waals surface area contributed by atoms with Crippen LogP contribution in [0.1, 0.15) is 23.3 Å². The number of nitrogens with zero attached hydrogens (tertiary/aromatic N) is 1. The molecule has 1 aromatic heterocycles. The summed E-state index contributed by atoms with van der Waals surface area (Å²) in [7, 11) is 0. The van der Waals surface area contributed by atoms with Crippen LogP contribution in [0, 0.1) is 11.3 Å². The van der Waals surface area contributed by atoms with E-state index < -0.39 is 0 Å². The number of aryl methyl sites for hydroxylation is 1. The maximum absolute atomic E-state index is 11.8. The van der Waals surface area contributed by atoms with Crippen molar-refractivity contribution in [1.82, 2.24) is 0 Å². The first-order valence-electron chi connectivity index (χ1n) is 6.21. The Morgan fingerprint density at radius 2 is 2.20 bits per heavy atom. The standard InChI is InChI=1S/C15H13BrN2OS/c16-14-8-7-13(20-14)5-2-6-15(19)18-12-4-1-3-11(9-12)10-17/h1,3-4,7-9H,2,5-6H2,(H,18,19). The Morgan fingerprint density at radius 1 is 1.35 bits per heavy atom. The van der Waals surface area contributed by atoms with Gasteiger partial charge in [-0.15, -0.1) is 11.3 Å². The summed E-state index contributed by atoms with van der Waals surface area (Å²) < 4.78 is 1.12. The molecule has 0 bridgehead atoms. The van der Waals surface area contributed by atoms with Crippen molar-refractivity contribution in [3.63, 3.8) is 0 Å². The van der Waals surface area contributed by atoms with Crippen molar-refractivity contribution >= 4 is 38.9 Å². The molecule has 1 aromatic carbocycles. The Hall–Kier alpha value is -1.64. The molecule has 0 radical (unpaired) electrons. The van der Waals surface area contributed by atoms with Gasteiger partial charge in [0.2, 0.25) is 5.91 Å². The highest BCUT2D eigenvalue weighted by Gasteiger charge is 2.04. The highest BCUT2D eigenvalue weighted by molar-refractivity contribution is 9.11. The Kier molecular flexibility index (Phi) is 5.33. The van der Waals surface area contributed by atoms with Crippen molar-refractivity contribution in [2.24, 2.45) is 0 Å². The van der Waals surface area contributed by atoms with E-state index in [0.717, 1.165) is 16.6 Å². The molecule has 0 unspecified atom stereocenters. The molecule has 0 aliphatic carbocycles. The third-order valence-electron chi connectivity index (χ3n) is 2.73. The third-order valence-corrected chi connectivity index (χ3v) is 4.41. The van der Waals surface area contributed by atoms with Gasteiger partial charge in [-0.1, -0.05) is 6.07 Å². The molecule has 0 saturated carbocycles. The van der Waals surface area contributed by atoms with Crippen LogP contribution >= 0.6 is 27.3 Å². The van der Waals surface area contributed by atoms with Crippen molar-refractivity contribution in [2.75, 3.05) is 5.32 Å². The Bertz CT molecular complexity index is 645. The number of nitrogens with one attached hydrogen (secondary N) is 1. The number of nitriles is 1. The van der Waals surface area contributed by atoms with Crippen molar-refractivity contribution in [2.45, 2.75) is 19.3 Å². The van der Waals surface area contributed by atoms with E-state index in [9.17, 15) is 4.79 Å². The lowest BCUT2D eigenvalue weighted by molar-refractivity contribution is -0.116. The second kappa shape index (κ2) is 7.22. The highest BCUT2D eigenvalue weighted by atomic mass is 79.9. The summed E-state index contributed by atoms with van der Waals surface area (Å²) in [4.78, 5) is 13.1. The molecular weight excluding hydrogens is 336 g/mol. The summed E-state index contributed by atoms with van der Waals surface area (Å²) in [6.07, 6.45) is 2.20. The van der Waals surface area contributed by atoms with Crippen LogP contribution in [0.4, 0.5) is 5.69 Å². The summed E-state index contributed by atoms with van der Waals surface area (Å²) in [6.45, 7) is 0. The lowest BCUT2D eigenvalue weighted by Gasteiger charge is -2.05. The van der Waals surface area contributed by atoms with Gasteiger partial charge in [-0.2, -0.15) is 5.26 Å². The van der Waals surface area contributed by atoms with Gasteiger partial charge in [0.1, 0.15) is 0 Å². The van der Waals surface area contributed by atoms with E-state index in [-0.39, 0.29) is 5.91 Å². The van der Waals surface area contributed by atoms with Crippen LogP contribution in [0.2, 0.25) is 0 Å². The van der Waals surface area contributed by atoms with Gasteiger partial charge in [-0.05, 0) is 59.1 Å². The smallest absolute Gasteiger partial charge is 0.224 e. The zero-order valence-electron chi connectivity index (χ0n) is 10.7. The number of amides is 1. The maximum Gasteiger partial charge on any atom is 0.224 e. The topological polar surface area (TPSA) is 52.9 Å². The largest absolute Gasteiger partial charge is 0.326 e. The second-order valence-electron chi connectivity index (χ2n) is 4.30. The molecule has 2 rings (SSSR count). The fourth-order valence-corrected chi connectivity index (χ4v) is 3.32. The first-order valence-corrected chi connectivity index (χ1v) is 7.82. The molecule has 3 nitrogen and oxygen atoms in total. The predicted molar refractivity (Wildman–Crippen MR) is 84.7 cm³/mol. The highest BCUT2D eigenvalue weighted by Crippen LogP contribution is 2.23. The molecule has 0 atom stereocenters. The van der Waals surface area contributed by atoms with Crippen LogP contribution in [0.5, 0.6) is 0 Å². The monoisotopic (exact) mass is 348 g/mol. The molecule has 2 aromatic rings. The van der Waals surface area contributed by atoms with E-state index in [1.165, 1.54) is 4.88 Å². The van der Waals surface area contributed by atoms with Gasteiger partial charge in [0.25, 0.3) is 0 Å². The zero-order valence-corrected chi connectivity index (χ0v) is 13.1. The van der Waals surface area contributed by atoms with Gasteiger partial charge in [0, 0.05) is 17.0 Å². The zero-order chi connectivity index (χ0) is 14.4. The molecule has 0 saturated heterocycles. The number of benzene rings is 1. The lowest BCUT2D eigenvalue weighted by atomic mass is 10.2. The number of halogens is 1. The van der Waals surface area contributed by atoms with Gasteiger partial charge >= 0.3 is 0 Å². The number of hydrogen-bond donors (Lipinski definition) is 1. The Morgan fingerprint density at radius 3 is 2.90 bits per heavy atom. The first-order chi connectivity index (χ1) is 9.67. The molecular formula is C15H13BrN2OS. The third kappa shape index (κ3) is 4.48. The van der Waals surface area contributed by atoms with Gasteiger partial charge in [0.15, 0.2) is 0 Å². The molecule has 0 fully saturated rings. The van der Waals surface area contributed by atoms with E-state index in [4.69, 9.17) is 5.26 Å². The number of carbonyl (C=O) groups is 1. The normalized spacial score (nSPS) is 10.0. The molecule has 102 valence electrons. The van der Waals surface area contributed by atoms with Gasteiger partial charge in [-0.25, -0.2) is 0 Å². The summed E-state index contributed by atoms with van der Waals surface area (Å²) in [6, 6.07) is 13.1. The van der Waals surface area contributed by atoms with Gasteiger partial charge in [0.05, 0.1) is 15.4 Å². The minimum absolute atomic E-state index is 0.0179. The number of carbonyl (C=O) groups excluding carboxylic acids is 1. The molecule has 0 spiro atoms. The summed E-state index contributed by atoms with van der Waals surface area (Å²) in [5, 5.41) is 11.6. The van der Waals surface area contributed by atoms with Crippen molar-refractivity contribution in [1.29, 1.82) is 5.26 Å². The van der Waals surface area contributed by atoms with Crippen LogP contribution in [0.3, 0.4) is 0 Å². The molecule has 5 heteroatoms. The number of rotatable bonds is 5. The van der Waals surface area contributed by atoms with E-state index in [1.54, 1.807) is 35.6 Å². The quantitative estimate of drug-likeness (QED) is 0.873. The van der Waals surface area contributed by atoms with E-state index in [0.29, 0.717) is 17.7 Å². The number of thiophene rings is 1. The number of hydrogen-bond acceptors (Lipinski definition) is 3. The Balaban J connectivity index is 1.79. The van der Waals surface area contributed by atoms with Crippen molar-refractivity contribution in [3.8, 4) is 6.07 Å². The van der Waals surface area contributed by atoms with Crippen molar-refractivity contribution in [3.05, 3.63) is 50.6 Å². The van der Waals surface area contributed by atoms with Crippen LogP contribution in [-0.2, 0) is 11.2 Å². The summed E-state index contributed by atoms with van der Waals surface area (Å²) >= 11 is 5.12. The fraction of sp³-hybridized carbons (Fsp3) is 0.200. The van der Waals surface area contributed by atoms with E-state index in [2.05, 4.69) is 33.4 Å². The summed E-state index contributed by atoms with van der Waals surface area (Å²) in [5.41, 5.74) is 1.22. The molecule has 1 amide bonds. The van der Waals surface area contributed by atoms with E-state index in [1.807, 2.05) is 6.07 Å². The molecule has 20 heavy (non-hydrogen) atoms. The van der Waals surface area contributed by atoms with Gasteiger partial charge < -0.3 is 5.32 Å². The van der Waals surface area contributed by atoms with Crippen molar-refractivity contribution < 1.29 is 4.79 Å². The number of anilines is 1. The average Bonchev–Trinajstić information content (AvgIpc) is 2.84. The molecule has 0 aliphatic heterocycles. The van der Waals surface area contributed by atoms with Crippen LogP contribution in [0.25, 0.3) is 0 Å². The SMILES string of the molecule is N#Cc1cccc(NC(=O)CCCc2ccc(Br)s2)c1. The lowest BCUT2D eigenvalue weighted by Crippen LogP contribution is -2.11. The fourth-order valence-electron chi connectivity index (χ4n) is 1.80. The molecule has 1 N–H and O–H groups in total. The van der Waals surface area contributed by atoms with Crippen LogP contribution in [0.15, 0.2) is 40.2 Å².